The van der Waals surface area contributed by atoms with E-state index in [0.29, 0.717) is 71.6 Å². The molecule has 12 unspecified atom stereocenters. The van der Waals surface area contributed by atoms with Gasteiger partial charge in [0.2, 0.25) is 0 Å². The first-order chi connectivity index (χ1) is 27.8. The maximum absolute atomic E-state index is 3.13. The highest BCUT2D eigenvalue weighted by atomic mass is 15.3. The minimum Gasteiger partial charge on any atom is -0.361 e. The van der Waals surface area contributed by atoms with E-state index in [9.17, 15) is 0 Å². The first-order valence-electron chi connectivity index (χ1n) is 23.2. The lowest BCUT2D eigenvalue weighted by Crippen LogP contribution is -2.47. The molecule has 2 heterocycles. The molecule has 2 saturated heterocycles. The van der Waals surface area contributed by atoms with Crippen molar-refractivity contribution in [3.8, 4) is 0 Å². The molecule has 3 fully saturated rings. The van der Waals surface area contributed by atoms with Crippen molar-refractivity contribution in [1.82, 2.24) is 9.80 Å². The Morgan fingerprint density at radius 2 is 1.45 bits per heavy atom. The molecule has 0 aromatic rings. The lowest BCUT2D eigenvalue weighted by Gasteiger charge is -2.42. The maximum Gasteiger partial charge on any atom is 0.0583 e. The summed E-state index contributed by atoms with van der Waals surface area (Å²) in [5.41, 5.74) is 8.35. The van der Waals surface area contributed by atoms with Gasteiger partial charge in [-0.05, 0) is 106 Å². The average Bonchev–Trinajstić information content (AvgIpc) is 3.79. The summed E-state index contributed by atoms with van der Waals surface area (Å²) in [5, 5.41) is 0. The predicted octanol–water partition coefficient (Wildman–Crippen LogP) is 12.4. The third-order valence-electron chi connectivity index (χ3n) is 16.4. The van der Waals surface area contributed by atoms with Gasteiger partial charge in [0.1, 0.15) is 0 Å². The average molecular weight is 741 g/mol. The van der Waals surface area contributed by atoms with E-state index in [4.69, 9.17) is 0 Å². The van der Waals surface area contributed by atoms with E-state index < -0.39 is 0 Å². The normalized spacial score (nSPS) is 41.4. The van der Waals surface area contributed by atoms with Crippen molar-refractivity contribution < 1.29 is 0 Å². The van der Waals surface area contributed by atoms with Crippen LogP contribution in [0, 0.1) is 47.3 Å². The molecule has 11 aliphatic rings. The van der Waals surface area contributed by atoms with Crippen molar-refractivity contribution in [2.45, 2.75) is 127 Å². The van der Waals surface area contributed by atoms with Crippen molar-refractivity contribution in [3.05, 3.63) is 156 Å². The maximum atomic E-state index is 3.13. The fourth-order valence-electron chi connectivity index (χ4n) is 13.8. The smallest absolute Gasteiger partial charge is 0.0583 e. The molecule has 0 N–H and O–H groups in total. The zero-order chi connectivity index (χ0) is 37.0. The van der Waals surface area contributed by atoms with Gasteiger partial charge in [0.15, 0.2) is 0 Å². The summed E-state index contributed by atoms with van der Waals surface area (Å²) in [4.78, 5) is 6.01. The second-order valence-electron chi connectivity index (χ2n) is 19.3. The van der Waals surface area contributed by atoms with Gasteiger partial charge in [-0.3, -0.25) is 4.90 Å². The zero-order valence-corrected chi connectivity index (χ0v) is 33.6. The molecule has 11 rings (SSSR count). The number of hydrogen-bond acceptors (Lipinski definition) is 2. The van der Waals surface area contributed by atoms with E-state index in [2.05, 4.69) is 137 Å². The molecular weight excluding hydrogens is 677 g/mol. The quantitative estimate of drug-likeness (QED) is 0.250. The number of hydrogen-bond donors (Lipinski definition) is 0. The summed E-state index contributed by atoms with van der Waals surface area (Å²) in [5.74, 6) is 4.94. The summed E-state index contributed by atoms with van der Waals surface area (Å²) >= 11 is 0. The van der Waals surface area contributed by atoms with Gasteiger partial charge in [-0.1, -0.05) is 158 Å². The molecule has 56 heavy (non-hydrogen) atoms. The molecule has 0 bridgehead atoms. The van der Waals surface area contributed by atoms with Crippen LogP contribution in [-0.4, -0.2) is 40.0 Å². The molecule has 2 heteroatoms. The summed E-state index contributed by atoms with van der Waals surface area (Å²) in [6.07, 6.45) is 72.0. The minimum atomic E-state index is 0.456. The largest absolute Gasteiger partial charge is 0.361 e. The Labute approximate surface area is 338 Å². The third kappa shape index (κ3) is 6.42. The fraction of sp³-hybridized carbons (Fsp3) is 0.519. The van der Waals surface area contributed by atoms with Gasteiger partial charge in [-0.15, -0.1) is 0 Å². The summed E-state index contributed by atoms with van der Waals surface area (Å²) < 4.78 is 0. The molecule has 12 atom stereocenters. The Morgan fingerprint density at radius 1 is 0.589 bits per heavy atom. The van der Waals surface area contributed by atoms with Gasteiger partial charge in [0.25, 0.3) is 0 Å². The van der Waals surface area contributed by atoms with Crippen molar-refractivity contribution in [2.24, 2.45) is 47.3 Å². The van der Waals surface area contributed by atoms with E-state index in [1.807, 2.05) is 0 Å². The van der Waals surface area contributed by atoms with Crippen LogP contribution < -0.4 is 0 Å². The van der Waals surface area contributed by atoms with Crippen LogP contribution in [0.3, 0.4) is 0 Å². The van der Waals surface area contributed by atoms with E-state index in [1.54, 1.807) is 28.0 Å². The van der Waals surface area contributed by atoms with Gasteiger partial charge in [-0.2, -0.15) is 0 Å². The van der Waals surface area contributed by atoms with Crippen molar-refractivity contribution >= 4 is 0 Å². The highest BCUT2D eigenvalue weighted by Gasteiger charge is 2.52. The molecule has 290 valence electrons. The number of rotatable bonds is 6. The van der Waals surface area contributed by atoms with E-state index in [-0.39, 0.29) is 0 Å². The summed E-state index contributed by atoms with van der Waals surface area (Å²) in [7, 11) is 0. The number of likely N-dealkylation sites (tertiary alicyclic amines) is 2. The van der Waals surface area contributed by atoms with Gasteiger partial charge < -0.3 is 4.90 Å². The summed E-state index contributed by atoms with van der Waals surface area (Å²) in [6.45, 7) is 0. The standard InChI is InChI=1S/C54H64N2/c1-4-15-37(16-5-1)40-21-14-22-45(32-40)55-51-25-12-10-23-47(51)49-35-41(27-29-53(49)55)42-28-30-54-50(36-42)48-24-11-13-26-52(48)56(54)46-33-43(38-17-6-2-7-18-38)31-44(34-46)39-19-8-3-9-20-39/h1-2,4-7,10-12,14-15,17,21,23-25,29,31,33,35-41,45-48,50-52,54H,3,8-9,13,16,18-20,22,26-28,30,32,34H2. The van der Waals surface area contributed by atoms with Crippen molar-refractivity contribution in [2.75, 3.05) is 0 Å². The van der Waals surface area contributed by atoms with Crippen LogP contribution in [-0.2, 0) is 0 Å². The van der Waals surface area contributed by atoms with E-state index in [1.165, 1.54) is 83.5 Å². The molecule has 9 aliphatic carbocycles. The SMILES string of the molecule is C1=CCC(C2=CC(N3C4CCC=CC4C4C=C(C5C=C6C(=CC5)N(C5CC=CC(C7C=CC=CC7)C5)C5C=CC=CC65)CCC43)CC(C3CCCCC3)=C2)C=C1. The van der Waals surface area contributed by atoms with Crippen LogP contribution >= 0.6 is 0 Å². The van der Waals surface area contributed by atoms with Crippen LogP contribution in [0.1, 0.15) is 96.3 Å². The molecular formula is C54H64N2. The Bertz CT molecular complexity index is 1940. The first-order valence-corrected chi connectivity index (χ1v) is 23.2. The molecule has 0 amide bonds. The van der Waals surface area contributed by atoms with Crippen LogP contribution in [0.25, 0.3) is 0 Å². The van der Waals surface area contributed by atoms with Gasteiger partial charge in [0.05, 0.1) is 6.04 Å². The minimum absolute atomic E-state index is 0.456. The number of allylic oxidation sites excluding steroid dienone is 18. The third-order valence-corrected chi connectivity index (χ3v) is 16.4. The second-order valence-corrected chi connectivity index (χ2v) is 19.3. The summed E-state index contributed by atoms with van der Waals surface area (Å²) in [6, 6.07) is 2.91. The first kappa shape index (κ1) is 35.5. The van der Waals surface area contributed by atoms with Crippen LogP contribution in [0.4, 0.5) is 0 Å². The van der Waals surface area contributed by atoms with E-state index in [0.717, 1.165) is 18.8 Å². The molecule has 2 aliphatic heterocycles. The number of fused-ring (bicyclic) bond motifs is 6. The van der Waals surface area contributed by atoms with Crippen LogP contribution in [0.15, 0.2) is 156 Å². The Kier molecular flexibility index (Phi) is 9.70. The number of nitrogens with zero attached hydrogens (tertiary/aromatic N) is 2. The predicted molar refractivity (Wildman–Crippen MR) is 233 cm³/mol. The molecule has 0 radical (unpaired) electrons. The second kappa shape index (κ2) is 15.3. The zero-order valence-electron chi connectivity index (χ0n) is 33.6. The molecule has 0 aromatic heterocycles. The molecule has 2 nitrogen and oxygen atoms in total. The van der Waals surface area contributed by atoms with E-state index >= 15 is 0 Å². The Morgan fingerprint density at radius 3 is 2.32 bits per heavy atom. The highest BCUT2D eigenvalue weighted by Crippen LogP contribution is 2.53. The lowest BCUT2D eigenvalue weighted by molar-refractivity contribution is 0.123. The molecule has 0 aromatic carbocycles. The lowest BCUT2D eigenvalue weighted by atomic mass is 9.73. The van der Waals surface area contributed by atoms with Gasteiger partial charge in [-0.25, -0.2) is 0 Å². The fourth-order valence-corrected chi connectivity index (χ4v) is 13.8. The van der Waals surface area contributed by atoms with Crippen molar-refractivity contribution in [1.29, 1.82) is 0 Å². The topological polar surface area (TPSA) is 6.48 Å². The van der Waals surface area contributed by atoms with Crippen LogP contribution in [0.2, 0.25) is 0 Å². The molecule has 1 saturated carbocycles. The van der Waals surface area contributed by atoms with Crippen LogP contribution in [0.5, 0.6) is 0 Å². The van der Waals surface area contributed by atoms with Crippen molar-refractivity contribution in [3.63, 3.8) is 0 Å². The van der Waals surface area contributed by atoms with Gasteiger partial charge >= 0.3 is 0 Å². The Hall–Kier alpha value is -3.62. The monoisotopic (exact) mass is 741 g/mol. The van der Waals surface area contributed by atoms with Gasteiger partial charge in [0, 0.05) is 59.5 Å². The Balaban J connectivity index is 0.865. The molecule has 0 spiro atoms. The highest BCUT2D eigenvalue weighted by molar-refractivity contribution is 5.50.